The van der Waals surface area contributed by atoms with Gasteiger partial charge in [0.1, 0.15) is 13.3 Å². The van der Waals surface area contributed by atoms with E-state index in [0.717, 1.165) is 0 Å². The number of hydrogen-bond donors (Lipinski definition) is 1. The second-order valence-corrected chi connectivity index (χ2v) is 6.78. The lowest BCUT2D eigenvalue weighted by molar-refractivity contribution is 0.0128. The Morgan fingerprint density at radius 1 is 0.800 bits per heavy atom. The van der Waals surface area contributed by atoms with E-state index in [1.807, 2.05) is 24.3 Å². The molecule has 6 nitrogen and oxygen atoms in total. The summed E-state index contributed by atoms with van der Waals surface area (Å²) in [5, 5.41) is 2.70. The van der Waals surface area contributed by atoms with Crippen LogP contribution in [0, 0.1) is 0 Å². The number of ether oxygens (including phenoxy) is 4. The minimum atomic E-state index is -0.486. The predicted molar refractivity (Wildman–Crippen MR) is 112 cm³/mol. The molecule has 162 valence electrons. The Kier molecular flexibility index (Phi) is 9.08. The summed E-state index contributed by atoms with van der Waals surface area (Å²) in [6, 6.07) is 16.5. The molecule has 1 aliphatic rings. The number of alkyl halides is 1. The molecule has 2 aromatic carbocycles. The summed E-state index contributed by atoms with van der Waals surface area (Å²) in [5.74, 6) is 0.0467. The lowest BCUT2D eigenvalue weighted by atomic mass is 9.98. The number of benzene rings is 2. The second kappa shape index (κ2) is 12.3. The van der Waals surface area contributed by atoms with Gasteiger partial charge in [-0.05, 0) is 22.3 Å². The molecule has 0 atom stereocenters. The highest BCUT2D eigenvalue weighted by Crippen LogP contribution is 2.44. The zero-order chi connectivity index (χ0) is 21.0. The maximum absolute atomic E-state index is 12.0. The molecule has 1 N–H and O–H groups in total. The molecule has 0 aromatic heterocycles. The summed E-state index contributed by atoms with van der Waals surface area (Å²) in [5.41, 5.74) is 4.77. The number of fused-ring (bicyclic) bond motifs is 3. The zero-order valence-corrected chi connectivity index (χ0v) is 17.0. The van der Waals surface area contributed by atoms with Crippen LogP contribution in [0.4, 0.5) is 9.18 Å². The third-order valence-electron chi connectivity index (χ3n) is 4.82. The monoisotopic (exact) mass is 417 g/mol. The van der Waals surface area contributed by atoms with Crippen molar-refractivity contribution in [2.75, 3.05) is 59.5 Å². The van der Waals surface area contributed by atoms with Crippen molar-refractivity contribution in [1.82, 2.24) is 5.32 Å². The Labute approximate surface area is 176 Å². The Balaban J connectivity index is 1.30. The van der Waals surface area contributed by atoms with Crippen LogP contribution in [0.1, 0.15) is 17.0 Å². The maximum atomic E-state index is 12.0. The van der Waals surface area contributed by atoms with Gasteiger partial charge in [-0.1, -0.05) is 48.5 Å². The lowest BCUT2D eigenvalue weighted by Crippen LogP contribution is -2.29. The van der Waals surface area contributed by atoms with Gasteiger partial charge in [-0.25, -0.2) is 9.18 Å². The first-order chi connectivity index (χ1) is 14.8. The maximum Gasteiger partial charge on any atom is 0.407 e. The van der Waals surface area contributed by atoms with Gasteiger partial charge < -0.3 is 24.3 Å². The molecule has 2 aromatic rings. The highest BCUT2D eigenvalue weighted by molar-refractivity contribution is 5.79. The number of alkyl carbamates (subject to hydrolysis) is 1. The van der Waals surface area contributed by atoms with E-state index in [4.69, 9.17) is 18.9 Å². The molecule has 1 aliphatic carbocycles. The van der Waals surface area contributed by atoms with Crippen LogP contribution in [0.25, 0.3) is 11.1 Å². The third kappa shape index (κ3) is 6.26. The lowest BCUT2D eigenvalue weighted by Gasteiger charge is -2.14. The molecule has 0 saturated heterocycles. The van der Waals surface area contributed by atoms with Crippen LogP contribution in [-0.2, 0) is 18.9 Å². The second-order valence-electron chi connectivity index (χ2n) is 6.78. The molecule has 3 rings (SSSR count). The normalized spacial score (nSPS) is 12.4. The van der Waals surface area contributed by atoms with E-state index < -0.39 is 12.8 Å². The van der Waals surface area contributed by atoms with E-state index in [-0.39, 0.29) is 12.5 Å². The van der Waals surface area contributed by atoms with E-state index in [1.165, 1.54) is 22.3 Å². The summed E-state index contributed by atoms with van der Waals surface area (Å²) in [6.07, 6.45) is -0.457. The third-order valence-corrected chi connectivity index (χ3v) is 4.82. The van der Waals surface area contributed by atoms with Crippen LogP contribution < -0.4 is 5.32 Å². The van der Waals surface area contributed by atoms with Gasteiger partial charge in [0.25, 0.3) is 0 Å². The summed E-state index contributed by atoms with van der Waals surface area (Å²) < 4.78 is 32.9. The number of hydrogen-bond acceptors (Lipinski definition) is 5. The molecule has 0 aliphatic heterocycles. The van der Waals surface area contributed by atoms with E-state index in [0.29, 0.717) is 46.2 Å². The summed E-state index contributed by atoms with van der Waals surface area (Å²) >= 11 is 0. The van der Waals surface area contributed by atoms with Gasteiger partial charge in [-0.15, -0.1) is 0 Å². The van der Waals surface area contributed by atoms with Crippen molar-refractivity contribution in [3.63, 3.8) is 0 Å². The van der Waals surface area contributed by atoms with Gasteiger partial charge in [-0.2, -0.15) is 0 Å². The van der Waals surface area contributed by atoms with Gasteiger partial charge in [0, 0.05) is 12.5 Å². The highest BCUT2D eigenvalue weighted by atomic mass is 19.1. The molecule has 1 amide bonds. The molecule has 0 radical (unpaired) electrons. The van der Waals surface area contributed by atoms with E-state index in [9.17, 15) is 9.18 Å². The van der Waals surface area contributed by atoms with Crippen molar-refractivity contribution < 1.29 is 28.1 Å². The highest BCUT2D eigenvalue weighted by Gasteiger charge is 2.28. The number of carbonyl (C=O) groups excluding carboxylic acids is 1. The fourth-order valence-electron chi connectivity index (χ4n) is 3.47. The SMILES string of the molecule is O=C(NCCOCCOCCOCCF)OCC1c2ccccc2-c2ccccc21. The van der Waals surface area contributed by atoms with Gasteiger partial charge in [0.15, 0.2) is 0 Å². The number of halogens is 1. The Morgan fingerprint density at radius 3 is 1.93 bits per heavy atom. The first kappa shape index (κ1) is 22.2. The van der Waals surface area contributed by atoms with Crippen molar-refractivity contribution in [2.24, 2.45) is 0 Å². The van der Waals surface area contributed by atoms with Crippen LogP contribution >= 0.6 is 0 Å². The van der Waals surface area contributed by atoms with Crippen molar-refractivity contribution in [3.8, 4) is 11.1 Å². The number of amides is 1. The zero-order valence-electron chi connectivity index (χ0n) is 17.0. The Morgan fingerprint density at radius 2 is 1.33 bits per heavy atom. The minimum absolute atomic E-state index is 0.0467. The van der Waals surface area contributed by atoms with Crippen LogP contribution in [-0.4, -0.2) is 65.6 Å². The molecule has 0 heterocycles. The smallest absolute Gasteiger partial charge is 0.407 e. The molecule has 7 heteroatoms. The largest absolute Gasteiger partial charge is 0.449 e. The topological polar surface area (TPSA) is 66.0 Å². The quantitative estimate of drug-likeness (QED) is 0.505. The molecule has 0 fully saturated rings. The van der Waals surface area contributed by atoms with Crippen molar-refractivity contribution in [2.45, 2.75) is 5.92 Å². The Bertz CT molecular complexity index is 755. The fraction of sp³-hybridized carbons (Fsp3) is 0.435. The van der Waals surface area contributed by atoms with Crippen LogP contribution in [0.15, 0.2) is 48.5 Å². The number of carbonyl (C=O) groups is 1. The standard InChI is InChI=1S/C23H28FNO5/c24-9-11-27-13-15-29-16-14-28-12-10-25-23(26)30-17-22-20-7-3-1-5-18(20)19-6-2-4-8-21(19)22/h1-8,22H,9-17H2,(H,25,26). The van der Waals surface area contributed by atoms with E-state index >= 15 is 0 Å². The van der Waals surface area contributed by atoms with E-state index in [1.54, 1.807) is 0 Å². The molecular formula is C23H28FNO5. The van der Waals surface area contributed by atoms with Gasteiger partial charge >= 0.3 is 6.09 Å². The van der Waals surface area contributed by atoms with Crippen molar-refractivity contribution >= 4 is 6.09 Å². The van der Waals surface area contributed by atoms with Crippen molar-refractivity contribution in [1.29, 1.82) is 0 Å². The van der Waals surface area contributed by atoms with Crippen LogP contribution in [0.5, 0.6) is 0 Å². The molecule has 30 heavy (non-hydrogen) atoms. The predicted octanol–water partition coefficient (Wildman–Crippen LogP) is 3.54. The average Bonchev–Trinajstić information content (AvgIpc) is 3.10. The Hall–Kier alpha value is -2.48. The first-order valence-electron chi connectivity index (χ1n) is 10.2. The van der Waals surface area contributed by atoms with E-state index in [2.05, 4.69) is 29.6 Å². The molecule has 0 unspecified atom stereocenters. The van der Waals surface area contributed by atoms with Gasteiger partial charge in [0.2, 0.25) is 0 Å². The molecular weight excluding hydrogens is 389 g/mol. The van der Waals surface area contributed by atoms with Crippen molar-refractivity contribution in [3.05, 3.63) is 59.7 Å². The molecule has 0 spiro atoms. The molecule has 0 bridgehead atoms. The van der Waals surface area contributed by atoms with Gasteiger partial charge in [0.05, 0.1) is 39.6 Å². The minimum Gasteiger partial charge on any atom is -0.449 e. The molecule has 0 saturated carbocycles. The number of nitrogens with one attached hydrogen (secondary N) is 1. The van der Waals surface area contributed by atoms with Crippen LogP contribution in [0.2, 0.25) is 0 Å². The fourth-order valence-corrected chi connectivity index (χ4v) is 3.47. The van der Waals surface area contributed by atoms with Gasteiger partial charge in [-0.3, -0.25) is 0 Å². The van der Waals surface area contributed by atoms with Crippen LogP contribution in [0.3, 0.4) is 0 Å². The summed E-state index contributed by atoms with van der Waals surface area (Å²) in [4.78, 5) is 12.0. The average molecular weight is 417 g/mol. The summed E-state index contributed by atoms with van der Waals surface area (Å²) in [6.45, 7) is 2.23. The first-order valence-corrected chi connectivity index (χ1v) is 10.2. The summed E-state index contributed by atoms with van der Waals surface area (Å²) in [7, 11) is 0. The number of rotatable bonds is 13.